The molecule has 118 valence electrons. The highest BCUT2D eigenvalue weighted by Gasteiger charge is 2.17. The van der Waals surface area contributed by atoms with Gasteiger partial charge in [-0.25, -0.2) is 5.84 Å². The number of hydrogen-bond donors (Lipinski definition) is 3. The molecule has 0 aliphatic carbocycles. The van der Waals surface area contributed by atoms with E-state index >= 15 is 0 Å². The molecule has 0 atom stereocenters. The highest BCUT2D eigenvalue weighted by Crippen LogP contribution is 2.16. The van der Waals surface area contributed by atoms with Gasteiger partial charge in [0.25, 0.3) is 5.91 Å². The predicted octanol–water partition coefficient (Wildman–Crippen LogP) is 0.538. The van der Waals surface area contributed by atoms with Crippen molar-refractivity contribution >= 4 is 11.8 Å². The van der Waals surface area contributed by atoms with E-state index in [0.29, 0.717) is 30.2 Å². The second-order valence-corrected chi connectivity index (χ2v) is 5.18. The van der Waals surface area contributed by atoms with Crippen molar-refractivity contribution in [2.24, 2.45) is 5.84 Å². The lowest BCUT2D eigenvalue weighted by atomic mass is 10.2. The van der Waals surface area contributed by atoms with Gasteiger partial charge in [-0.1, -0.05) is 6.92 Å². The SMILES string of the molecule is CCN(CC(=O)NC(C)C)Cc1cc(C(=O)NN)c(C)o1. The van der Waals surface area contributed by atoms with Crippen molar-refractivity contribution in [2.75, 3.05) is 13.1 Å². The highest BCUT2D eigenvalue weighted by atomic mass is 16.3. The fourth-order valence-corrected chi connectivity index (χ4v) is 2.00. The van der Waals surface area contributed by atoms with E-state index in [1.807, 2.05) is 25.7 Å². The summed E-state index contributed by atoms with van der Waals surface area (Å²) in [5, 5.41) is 2.85. The second kappa shape index (κ2) is 7.80. The maximum absolute atomic E-state index is 11.8. The monoisotopic (exact) mass is 296 g/mol. The normalized spacial score (nSPS) is 11.0. The zero-order valence-corrected chi connectivity index (χ0v) is 13.0. The molecule has 0 aliphatic rings. The second-order valence-electron chi connectivity index (χ2n) is 5.18. The van der Waals surface area contributed by atoms with Crippen LogP contribution in [0.3, 0.4) is 0 Å². The molecule has 1 aromatic rings. The van der Waals surface area contributed by atoms with E-state index < -0.39 is 0 Å². The van der Waals surface area contributed by atoms with Gasteiger partial charge in [-0.15, -0.1) is 0 Å². The molecule has 0 bridgehead atoms. The highest BCUT2D eigenvalue weighted by molar-refractivity contribution is 5.94. The lowest BCUT2D eigenvalue weighted by Gasteiger charge is -2.19. The first kappa shape index (κ1) is 17.2. The molecule has 0 fully saturated rings. The fourth-order valence-electron chi connectivity index (χ4n) is 2.00. The number of carbonyl (C=O) groups excluding carboxylic acids is 2. The summed E-state index contributed by atoms with van der Waals surface area (Å²) in [7, 11) is 0. The van der Waals surface area contributed by atoms with Crippen LogP contribution in [0.15, 0.2) is 10.5 Å². The molecule has 0 aromatic carbocycles. The van der Waals surface area contributed by atoms with E-state index in [0.717, 1.165) is 0 Å². The summed E-state index contributed by atoms with van der Waals surface area (Å²) in [5.74, 6) is 5.84. The molecule has 0 unspecified atom stereocenters. The molecule has 7 heteroatoms. The lowest BCUT2D eigenvalue weighted by molar-refractivity contribution is -0.122. The smallest absolute Gasteiger partial charge is 0.268 e. The predicted molar refractivity (Wildman–Crippen MR) is 79.3 cm³/mol. The molecular weight excluding hydrogens is 272 g/mol. The molecule has 2 amide bonds. The van der Waals surface area contributed by atoms with Crippen molar-refractivity contribution in [2.45, 2.75) is 40.3 Å². The molecule has 1 rings (SSSR count). The number of nitrogens with one attached hydrogen (secondary N) is 2. The molecular formula is C14H24N4O3. The number of nitrogen functional groups attached to an aromatic ring is 1. The minimum atomic E-state index is -0.386. The van der Waals surface area contributed by atoms with E-state index in [2.05, 4.69) is 10.7 Å². The zero-order valence-electron chi connectivity index (χ0n) is 13.0. The third-order valence-electron chi connectivity index (χ3n) is 2.99. The summed E-state index contributed by atoms with van der Waals surface area (Å²) in [6.45, 7) is 8.95. The van der Waals surface area contributed by atoms with Crippen molar-refractivity contribution < 1.29 is 14.0 Å². The van der Waals surface area contributed by atoms with E-state index in [1.54, 1.807) is 13.0 Å². The lowest BCUT2D eigenvalue weighted by Crippen LogP contribution is -2.39. The van der Waals surface area contributed by atoms with Crippen LogP contribution in [0.2, 0.25) is 0 Å². The van der Waals surface area contributed by atoms with Crippen LogP contribution in [0.1, 0.15) is 42.6 Å². The van der Waals surface area contributed by atoms with E-state index in [4.69, 9.17) is 10.3 Å². The van der Waals surface area contributed by atoms with Gasteiger partial charge in [0.1, 0.15) is 11.5 Å². The number of nitrogens with zero attached hydrogens (tertiary/aromatic N) is 1. The van der Waals surface area contributed by atoms with Gasteiger partial charge in [-0.3, -0.25) is 19.9 Å². The molecule has 4 N–H and O–H groups in total. The maximum atomic E-state index is 11.8. The number of aryl methyl sites for hydroxylation is 1. The van der Waals surface area contributed by atoms with Crippen LogP contribution in [0, 0.1) is 6.92 Å². The molecule has 21 heavy (non-hydrogen) atoms. The summed E-state index contributed by atoms with van der Waals surface area (Å²) < 4.78 is 5.54. The number of likely N-dealkylation sites (N-methyl/N-ethyl adjacent to an activating group) is 1. The minimum absolute atomic E-state index is 0.0324. The number of rotatable bonds is 7. The van der Waals surface area contributed by atoms with Crippen molar-refractivity contribution in [3.8, 4) is 0 Å². The van der Waals surface area contributed by atoms with Gasteiger partial charge in [0.2, 0.25) is 5.91 Å². The Morgan fingerprint density at radius 3 is 2.62 bits per heavy atom. The van der Waals surface area contributed by atoms with Crippen LogP contribution in [-0.4, -0.2) is 35.8 Å². The van der Waals surface area contributed by atoms with Gasteiger partial charge in [-0.2, -0.15) is 0 Å². The third kappa shape index (κ3) is 5.20. The topological polar surface area (TPSA) is 101 Å². The number of carbonyl (C=O) groups is 2. The first-order chi connectivity index (χ1) is 9.87. The third-order valence-corrected chi connectivity index (χ3v) is 2.99. The Bertz CT molecular complexity index is 496. The number of hydrazine groups is 1. The van der Waals surface area contributed by atoms with Gasteiger partial charge in [0.05, 0.1) is 18.7 Å². The molecule has 0 saturated heterocycles. The van der Waals surface area contributed by atoms with Gasteiger partial charge in [0.15, 0.2) is 0 Å². The van der Waals surface area contributed by atoms with Crippen LogP contribution in [-0.2, 0) is 11.3 Å². The van der Waals surface area contributed by atoms with Crippen LogP contribution in [0.5, 0.6) is 0 Å². The maximum Gasteiger partial charge on any atom is 0.268 e. The molecule has 0 saturated carbocycles. The van der Waals surface area contributed by atoms with Crippen LogP contribution in [0.25, 0.3) is 0 Å². The quantitative estimate of drug-likeness (QED) is 0.387. The van der Waals surface area contributed by atoms with Crippen molar-refractivity contribution in [1.29, 1.82) is 0 Å². The summed E-state index contributed by atoms with van der Waals surface area (Å²) in [6.07, 6.45) is 0. The molecule has 1 heterocycles. The molecule has 0 radical (unpaired) electrons. The number of amides is 2. The van der Waals surface area contributed by atoms with Gasteiger partial charge < -0.3 is 9.73 Å². The molecule has 0 aliphatic heterocycles. The Morgan fingerprint density at radius 1 is 1.43 bits per heavy atom. The Kier molecular flexibility index (Phi) is 6.39. The number of hydrogen-bond acceptors (Lipinski definition) is 5. The molecule has 7 nitrogen and oxygen atoms in total. The summed E-state index contributed by atoms with van der Waals surface area (Å²) in [5.41, 5.74) is 2.49. The average Bonchev–Trinajstić information content (AvgIpc) is 2.77. The first-order valence-electron chi connectivity index (χ1n) is 6.99. The Hall–Kier alpha value is -1.86. The number of nitrogens with two attached hydrogens (primary N) is 1. The van der Waals surface area contributed by atoms with Gasteiger partial charge >= 0.3 is 0 Å². The van der Waals surface area contributed by atoms with E-state index in [-0.39, 0.29) is 24.4 Å². The van der Waals surface area contributed by atoms with E-state index in [1.165, 1.54) is 0 Å². The number of furan rings is 1. The minimum Gasteiger partial charge on any atom is -0.464 e. The summed E-state index contributed by atoms with van der Waals surface area (Å²) in [6, 6.07) is 1.77. The van der Waals surface area contributed by atoms with Gasteiger partial charge in [0, 0.05) is 6.04 Å². The van der Waals surface area contributed by atoms with Crippen molar-refractivity contribution in [3.05, 3.63) is 23.2 Å². The standard InChI is InChI=1S/C14H24N4O3/c1-5-18(8-13(19)16-9(2)3)7-11-6-12(10(4)21-11)14(20)17-15/h6,9H,5,7-8,15H2,1-4H3,(H,16,19)(H,17,20). The van der Waals surface area contributed by atoms with Crippen molar-refractivity contribution in [1.82, 2.24) is 15.6 Å². The van der Waals surface area contributed by atoms with Gasteiger partial charge in [-0.05, 0) is 33.4 Å². The van der Waals surface area contributed by atoms with E-state index in [9.17, 15) is 9.59 Å². The summed E-state index contributed by atoms with van der Waals surface area (Å²) in [4.78, 5) is 25.2. The van der Waals surface area contributed by atoms with Crippen LogP contribution >= 0.6 is 0 Å². The van der Waals surface area contributed by atoms with Crippen molar-refractivity contribution in [3.63, 3.8) is 0 Å². The largest absolute Gasteiger partial charge is 0.464 e. The Labute approximate surface area is 124 Å². The Balaban J connectivity index is 2.69. The Morgan fingerprint density at radius 2 is 2.10 bits per heavy atom. The first-order valence-corrected chi connectivity index (χ1v) is 6.99. The zero-order chi connectivity index (χ0) is 16.0. The van der Waals surface area contributed by atoms with Crippen LogP contribution in [0.4, 0.5) is 0 Å². The molecule has 0 spiro atoms. The van der Waals surface area contributed by atoms with Crippen LogP contribution < -0.4 is 16.6 Å². The summed E-state index contributed by atoms with van der Waals surface area (Å²) >= 11 is 0. The fraction of sp³-hybridized carbons (Fsp3) is 0.571. The average molecular weight is 296 g/mol. The molecule has 1 aromatic heterocycles.